The van der Waals surface area contributed by atoms with E-state index in [9.17, 15) is 18.0 Å². The summed E-state index contributed by atoms with van der Waals surface area (Å²) in [5.41, 5.74) is 1.21. The summed E-state index contributed by atoms with van der Waals surface area (Å²) in [7, 11) is 1.77. The average molecular weight is 411 g/mol. The van der Waals surface area contributed by atoms with Gasteiger partial charge >= 0.3 is 0 Å². The van der Waals surface area contributed by atoms with Crippen LogP contribution in [0.3, 0.4) is 0 Å². The van der Waals surface area contributed by atoms with Crippen LogP contribution < -0.4 is 5.32 Å². The van der Waals surface area contributed by atoms with E-state index in [4.69, 9.17) is 17.0 Å². The molecule has 1 aromatic carbocycles. The predicted octanol–water partition coefficient (Wildman–Crippen LogP) is 2.76. The molecule has 2 atom stereocenters. The maximum absolute atomic E-state index is 14.2. The monoisotopic (exact) mass is 411 g/mol. The van der Waals surface area contributed by atoms with E-state index in [1.165, 1.54) is 0 Å². The molecule has 0 aliphatic carbocycles. The SMILES string of the molecule is Cn1c(CC(=O)N[C@@H]2CCOC2)c2n(c1=S)C[C@H](c1c(F)ccc(F)c1F)C2. The summed E-state index contributed by atoms with van der Waals surface area (Å²) in [6, 6.07) is 1.72. The third kappa shape index (κ3) is 3.26. The van der Waals surface area contributed by atoms with E-state index in [0.717, 1.165) is 24.2 Å². The number of carbonyl (C=O) groups is 1. The Morgan fingerprint density at radius 2 is 2.07 bits per heavy atom. The van der Waals surface area contributed by atoms with Gasteiger partial charge in [-0.3, -0.25) is 4.79 Å². The van der Waals surface area contributed by atoms with Crippen LogP contribution in [0, 0.1) is 22.2 Å². The van der Waals surface area contributed by atoms with E-state index in [1.807, 2.05) is 0 Å². The second-order valence-electron chi connectivity index (χ2n) is 7.31. The summed E-state index contributed by atoms with van der Waals surface area (Å²) in [5, 5.41) is 2.93. The third-order valence-corrected chi connectivity index (χ3v) is 6.03. The lowest BCUT2D eigenvalue weighted by Gasteiger charge is -2.14. The number of benzene rings is 1. The number of amides is 1. The van der Waals surface area contributed by atoms with Crippen LogP contribution in [0.1, 0.15) is 29.3 Å². The molecule has 3 heterocycles. The summed E-state index contributed by atoms with van der Waals surface area (Å²) in [6.45, 7) is 1.37. The lowest BCUT2D eigenvalue weighted by Crippen LogP contribution is -2.36. The van der Waals surface area contributed by atoms with E-state index in [-0.39, 0.29) is 36.9 Å². The van der Waals surface area contributed by atoms with Crippen molar-refractivity contribution in [3.63, 3.8) is 0 Å². The zero-order valence-corrected chi connectivity index (χ0v) is 16.1. The molecule has 5 nitrogen and oxygen atoms in total. The highest BCUT2D eigenvalue weighted by atomic mass is 32.1. The van der Waals surface area contributed by atoms with Gasteiger partial charge in [0.15, 0.2) is 16.4 Å². The summed E-state index contributed by atoms with van der Waals surface area (Å²) in [5.74, 6) is -3.73. The maximum atomic E-state index is 14.2. The quantitative estimate of drug-likeness (QED) is 0.622. The smallest absolute Gasteiger partial charge is 0.226 e. The highest BCUT2D eigenvalue weighted by Crippen LogP contribution is 2.36. The number of nitrogens with one attached hydrogen (secondary N) is 1. The molecule has 1 amide bonds. The number of imidazole rings is 1. The number of fused-ring (bicyclic) bond motifs is 1. The van der Waals surface area contributed by atoms with Crippen LogP contribution in [0.4, 0.5) is 13.2 Å². The largest absolute Gasteiger partial charge is 0.379 e. The minimum absolute atomic E-state index is 0.000300. The molecule has 1 N–H and O–H groups in total. The lowest BCUT2D eigenvalue weighted by atomic mass is 9.95. The van der Waals surface area contributed by atoms with Crippen LogP contribution >= 0.6 is 12.2 Å². The van der Waals surface area contributed by atoms with E-state index in [2.05, 4.69) is 5.32 Å². The number of halogens is 3. The van der Waals surface area contributed by atoms with Crippen molar-refractivity contribution in [2.75, 3.05) is 13.2 Å². The van der Waals surface area contributed by atoms with Gasteiger partial charge in [-0.15, -0.1) is 0 Å². The topological polar surface area (TPSA) is 48.2 Å². The summed E-state index contributed by atoms with van der Waals surface area (Å²) >= 11 is 5.44. The normalized spacial score (nSPS) is 21.1. The number of nitrogens with zero attached hydrogens (tertiary/aromatic N) is 2. The molecule has 1 aromatic heterocycles. The second kappa shape index (κ2) is 7.36. The van der Waals surface area contributed by atoms with Crippen molar-refractivity contribution in [3.8, 4) is 0 Å². The summed E-state index contributed by atoms with van der Waals surface area (Å²) < 4.78 is 51.3. The first-order chi connectivity index (χ1) is 13.4. The molecule has 0 spiro atoms. The van der Waals surface area contributed by atoms with Crippen molar-refractivity contribution in [2.24, 2.45) is 7.05 Å². The van der Waals surface area contributed by atoms with Crippen molar-refractivity contribution >= 4 is 18.1 Å². The molecule has 0 bridgehead atoms. The van der Waals surface area contributed by atoms with Crippen LogP contribution in [-0.2, 0) is 36.0 Å². The Morgan fingerprint density at radius 3 is 2.79 bits per heavy atom. The van der Waals surface area contributed by atoms with Crippen molar-refractivity contribution in [3.05, 3.63) is 51.3 Å². The molecule has 2 aliphatic heterocycles. The van der Waals surface area contributed by atoms with Gasteiger partial charge < -0.3 is 19.2 Å². The Bertz CT molecular complexity index is 995. The zero-order valence-electron chi connectivity index (χ0n) is 15.3. The minimum Gasteiger partial charge on any atom is -0.379 e. The Balaban J connectivity index is 1.60. The third-order valence-electron chi connectivity index (χ3n) is 5.53. The Morgan fingerprint density at radius 1 is 1.32 bits per heavy atom. The first kappa shape index (κ1) is 19.2. The van der Waals surface area contributed by atoms with E-state index in [0.29, 0.717) is 23.7 Å². The molecular weight excluding hydrogens is 391 g/mol. The van der Waals surface area contributed by atoms with Crippen LogP contribution in [0.25, 0.3) is 0 Å². The van der Waals surface area contributed by atoms with Gasteiger partial charge in [0, 0.05) is 43.1 Å². The first-order valence-electron chi connectivity index (χ1n) is 9.14. The summed E-state index contributed by atoms with van der Waals surface area (Å²) in [6.07, 6.45) is 1.18. The van der Waals surface area contributed by atoms with Crippen LogP contribution in [0.15, 0.2) is 12.1 Å². The second-order valence-corrected chi connectivity index (χ2v) is 7.67. The molecule has 4 rings (SSSR count). The number of hydrogen-bond donors (Lipinski definition) is 1. The van der Waals surface area contributed by atoms with Crippen molar-refractivity contribution in [1.82, 2.24) is 14.5 Å². The molecule has 0 saturated carbocycles. The molecule has 0 unspecified atom stereocenters. The van der Waals surface area contributed by atoms with E-state index < -0.39 is 23.4 Å². The Labute approximate surface area is 165 Å². The van der Waals surface area contributed by atoms with E-state index >= 15 is 0 Å². The summed E-state index contributed by atoms with van der Waals surface area (Å²) in [4.78, 5) is 12.4. The van der Waals surface area contributed by atoms with Crippen LogP contribution in [0.2, 0.25) is 0 Å². The van der Waals surface area contributed by atoms with E-state index in [1.54, 1.807) is 16.2 Å². The van der Waals surface area contributed by atoms with Gasteiger partial charge in [0.1, 0.15) is 5.82 Å². The maximum Gasteiger partial charge on any atom is 0.226 e. The average Bonchev–Trinajstić information content (AvgIpc) is 3.35. The first-order valence-corrected chi connectivity index (χ1v) is 9.55. The number of carbonyl (C=O) groups excluding carboxylic acids is 1. The van der Waals surface area contributed by atoms with Gasteiger partial charge in [-0.25, -0.2) is 13.2 Å². The molecular formula is C19H20F3N3O2S. The standard InChI is InChI=1S/C19H20F3N3O2S/c1-24-14(7-16(26)23-11-4-5-27-9-11)15-6-10(8-25(15)19(24)28)17-12(20)2-3-13(21)18(17)22/h2-3,10-11H,4-9H2,1H3,(H,23,26)/t10-,11-/m1/s1. The van der Waals surface area contributed by atoms with Gasteiger partial charge in [-0.1, -0.05) is 0 Å². The fraction of sp³-hybridized carbons (Fsp3) is 0.474. The molecule has 1 fully saturated rings. The molecule has 1 saturated heterocycles. The number of rotatable bonds is 4. The number of ether oxygens (including phenoxy) is 1. The van der Waals surface area contributed by atoms with Gasteiger partial charge in [0.2, 0.25) is 5.91 Å². The molecule has 2 aromatic rings. The minimum atomic E-state index is -1.16. The lowest BCUT2D eigenvalue weighted by molar-refractivity contribution is -0.121. The predicted molar refractivity (Wildman–Crippen MR) is 98.1 cm³/mol. The highest BCUT2D eigenvalue weighted by molar-refractivity contribution is 7.71. The van der Waals surface area contributed by atoms with Crippen LogP contribution in [-0.4, -0.2) is 34.3 Å². The van der Waals surface area contributed by atoms with Gasteiger partial charge in [0.05, 0.1) is 19.1 Å². The van der Waals surface area contributed by atoms with Crippen molar-refractivity contribution < 1.29 is 22.7 Å². The number of hydrogen-bond acceptors (Lipinski definition) is 3. The molecule has 150 valence electrons. The zero-order chi connectivity index (χ0) is 20.0. The van der Waals surface area contributed by atoms with Crippen molar-refractivity contribution in [2.45, 2.75) is 37.8 Å². The van der Waals surface area contributed by atoms with Gasteiger partial charge in [-0.2, -0.15) is 0 Å². The molecule has 9 heteroatoms. The fourth-order valence-corrected chi connectivity index (χ4v) is 4.40. The van der Waals surface area contributed by atoms with Crippen molar-refractivity contribution in [1.29, 1.82) is 0 Å². The molecule has 2 aliphatic rings. The van der Waals surface area contributed by atoms with Crippen LogP contribution in [0.5, 0.6) is 0 Å². The highest BCUT2D eigenvalue weighted by Gasteiger charge is 2.33. The molecule has 0 radical (unpaired) electrons. The number of aromatic nitrogens is 2. The Kier molecular flexibility index (Phi) is 5.05. The molecule has 28 heavy (non-hydrogen) atoms. The Hall–Kier alpha value is -2.13. The fourth-order valence-electron chi connectivity index (χ4n) is 4.11. The van der Waals surface area contributed by atoms with Gasteiger partial charge in [-0.05, 0) is 37.2 Å². The van der Waals surface area contributed by atoms with Gasteiger partial charge in [0.25, 0.3) is 0 Å².